The van der Waals surface area contributed by atoms with Crippen molar-refractivity contribution in [3.05, 3.63) is 0 Å². The Morgan fingerprint density at radius 1 is 1.05 bits per heavy atom. The van der Waals surface area contributed by atoms with Crippen LogP contribution in [0.2, 0.25) is 0 Å². The normalized spacial score (nSPS) is 16.6. The molecule has 0 aliphatic heterocycles. The number of carbonyl (C=O) groups is 1. The van der Waals surface area contributed by atoms with Crippen LogP contribution in [0.15, 0.2) is 0 Å². The van der Waals surface area contributed by atoms with Crippen molar-refractivity contribution in [1.82, 2.24) is 0 Å². The van der Waals surface area contributed by atoms with Crippen LogP contribution in [0, 0.1) is 5.92 Å². The summed E-state index contributed by atoms with van der Waals surface area (Å²) in [5, 5.41) is 25.8. The molecule has 0 fully saturated rings. The molecule has 4 atom stereocenters. The fourth-order valence-corrected chi connectivity index (χ4v) is 0.879. The lowest BCUT2D eigenvalue weighted by molar-refractivity contribution is -0.141. The Bertz CT molecular complexity index is 232. The lowest BCUT2D eigenvalue weighted by atomic mass is 10.1. The smallest absolute Gasteiger partial charge is 0.306 e. The molecular weight excluding hydrogens is 264 g/mol. The molecule has 6 nitrogen and oxygen atoms in total. The van der Waals surface area contributed by atoms with Crippen molar-refractivity contribution >= 4 is 5.97 Å². The molecule has 0 saturated heterocycles. The zero-order valence-corrected chi connectivity index (χ0v) is 13.2. The molecule has 3 N–H and O–H groups in total. The number of hydrogen-bond acceptors (Lipinski definition) is 5. The summed E-state index contributed by atoms with van der Waals surface area (Å²) < 4.78 is 10.5. The highest BCUT2D eigenvalue weighted by molar-refractivity contribution is 5.69. The summed E-state index contributed by atoms with van der Waals surface area (Å²) in [4.78, 5) is 9.93. The fourth-order valence-electron chi connectivity index (χ4n) is 0.879. The maximum Gasteiger partial charge on any atom is 0.306 e. The highest BCUT2D eigenvalue weighted by Crippen LogP contribution is 1.98. The second-order valence-electron chi connectivity index (χ2n) is 4.97. The summed E-state index contributed by atoms with van der Waals surface area (Å²) in [5.41, 5.74) is 0. The van der Waals surface area contributed by atoms with Crippen molar-refractivity contribution in [2.75, 3.05) is 19.8 Å². The number of rotatable bonds is 9. The average molecular weight is 294 g/mol. The summed E-state index contributed by atoms with van der Waals surface area (Å²) in [5.74, 6) is -0.887. The zero-order chi connectivity index (χ0) is 16.1. The highest BCUT2D eigenvalue weighted by Gasteiger charge is 2.07. The van der Waals surface area contributed by atoms with Crippen LogP contribution in [-0.2, 0) is 14.3 Å². The molecule has 6 heteroatoms. The molecule has 0 saturated carbocycles. The topological polar surface area (TPSA) is 96.2 Å². The first-order valence-corrected chi connectivity index (χ1v) is 6.99. The molecule has 0 radical (unpaired) electrons. The van der Waals surface area contributed by atoms with Crippen molar-refractivity contribution < 1.29 is 29.6 Å². The maximum atomic E-state index is 9.93. The third kappa shape index (κ3) is 15.4. The molecule has 0 heterocycles. The minimum Gasteiger partial charge on any atom is -0.481 e. The highest BCUT2D eigenvalue weighted by atomic mass is 16.5. The van der Waals surface area contributed by atoms with E-state index in [0.29, 0.717) is 13.2 Å². The van der Waals surface area contributed by atoms with Gasteiger partial charge in [-0.25, -0.2) is 0 Å². The van der Waals surface area contributed by atoms with E-state index in [1.54, 1.807) is 20.8 Å². The molecule has 4 unspecified atom stereocenters. The summed E-state index contributed by atoms with van der Waals surface area (Å²) in [7, 11) is 0. The Morgan fingerprint density at radius 3 is 1.85 bits per heavy atom. The van der Waals surface area contributed by atoms with Crippen LogP contribution in [-0.4, -0.2) is 59.4 Å². The van der Waals surface area contributed by atoms with Gasteiger partial charge in [0.05, 0.1) is 44.1 Å². The fraction of sp³-hybridized carbons (Fsp3) is 0.929. The molecule has 0 aromatic rings. The summed E-state index contributed by atoms with van der Waals surface area (Å²) in [6.07, 6.45) is 0.0638. The number of aliphatic carboxylic acids is 1. The van der Waals surface area contributed by atoms with E-state index in [2.05, 4.69) is 0 Å². The molecule has 122 valence electrons. The summed E-state index contributed by atoms with van der Waals surface area (Å²) in [6, 6.07) is 0. The van der Waals surface area contributed by atoms with Gasteiger partial charge in [-0.3, -0.25) is 4.79 Å². The van der Waals surface area contributed by atoms with Gasteiger partial charge in [-0.1, -0.05) is 13.8 Å². The lowest BCUT2D eigenvalue weighted by Gasteiger charge is -2.16. The summed E-state index contributed by atoms with van der Waals surface area (Å²) >= 11 is 0. The van der Waals surface area contributed by atoms with Crippen LogP contribution in [0.1, 0.15) is 41.0 Å². The van der Waals surface area contributed by atoms with Crippen LogP contribution >= 0.6 is 0 Å². The van der Waals surface area contributed by atoms with E-state index in [9.17, 15) is 4.79 Å². The second-order valence-corrected chi connectivity index (χ2v) is 4.97. The minimum absolute atomic E-state index is 0.0170. The molecule has 0 aromatic heterocycles. The quantitative estimate of drug-likeness (QED) is 0.593. The SMILES string of the molecule is CC(O)COC(C)COC(C)CO.CCC(C)C(=O)O. The van der Waals surface area contributed by atoms with Gasteiger partial charge in [-0.15, -0.1) is 0 Å². The van der Waals surface area contributed by atoms with E-state index in [4.69, 9.17) is 24.8 Å². The number of hydrogen-bond donors (Lipinski definition) is 3. The van der Waals surface area contributed by atoms with Crippen LogP contribution < -0.4 is 0 Å². The number of aliphatic hydroxyl groups excluding tert-OH is 2. The zero-order valence-electron chi connectivity index (χ0n) is 13.2. The molecule has 0 aliphatic carbocycles. The lowest BCUT2D eigenvalue weighted by Crippen LogP contribution is -2.24. The molecule has 0 amide bonds. The van der Waals surface area contributed by atoms with E-state index in [-0.39, 0.29) is 24.7 Å². The van der Waals surface area contributed by atoms with E-state index in [1.807, 2.05) is 13.8 Å². The van der Waals surface area contributed by atoms with Gasteiger partial charge in [0.25, 0.3) is 0 Å². The number of carboxylic acids is 1. The van der Waals surface area contributed by atoms with Gasteiger partial charge < -0.3 is 24.8 Å². The van der Waals surface area contributed by atoms with Crippen molar-refractivity contribution in [2.24, 2.45) is 5.92 Å². The van der Waals surface area contributed by atoms with Crippen molar-refractivity contribution in [2.45, 2.75) is 59.4 Å². The molecule has 0 rings (SSSR count). The number of carboxylic acid groups (broad SMARTS) is 1. The van der Waals surface area contributed by atoms with Gasteiger partial charge in [0, 0.05) is 0 Å². The number of ether oxygens (including phenoxy) is 2. The van der Waals surface area contributed by atoms with E-state index >= 15 is 0 Å². The van der Waals surface area contributed by atoms with Crippen molar-refractivity contribution in [3.63, 3.8) is 0 Å². The van der Waals surface area contributed by atoms with Gasteiger partial charge in [-0.2, -0.15) is 0 Å². The third-order valence-electron chi connectivity index (χ3n) is 2.53. The molecule has 0 aromatic carbocycles. The molecule has 0 spiro atoms. The molecule has 20 heavy (non-hydrogen) atoms. The van der Waals surface area contributed by atoms with Gasteiger partial charge in [0.15, 0.2) is 0 Å². The Kier molecular flexibility index (Phi) is 14.4. The standard InChI is InChI=1S/C9H20O4.C5H10O2/c1-7(11)5-12-9(3)6-13-8(2)4-10;1-3-4(2)5(6)7/h7-11H,4-6H2,1-3H3;4H,3H2,1-2H3,(H,6,7). The Balaban J connectivity index is 0. The van der Waals surface area contributed by atoms with Crippen LogP contribution in [0.4, 0.5) is 0 Å². The van der Waals surface area contributed by atoms with E-state index in [0.717, 1.165) is 6.42 Å². The van der Waals surface area contributed by atoms with Crippen molar-refractivity contribution in [3.8, 4) is 0 Å². The van der Waals surface area contributed by atoms with E-state index < -0.39 is 12.1 Å². The average Bonchev–Trinajstić information content (AvgIpc) is 2.41. The number of aliphatic hydroxyl groups is 2. The first-order chi connectivity index (χ1) is 9.24. The van der Waals surface area contributed by atoms with Gasteiger partial charge in [0.2, 0.25) is 0 Å². The van der Waals surface area contributed by atoms with E-state index in [1.165, 1.54) is 0 Å². The third-order valence-corrected chi connectivity index (χ3v) is 2.53. The molecular formula is C14H30O6. The predicted octanol–water partition coefficient (Wildman–Crippen LogP) is 1.29. The second kappa shape index (κ2) is 13.3. The predicted molar refractivity (Wildman–Crippen MR) is 76.7 cm³/mol. The summed E-state index contributed by atoms with van der Waals surface area (Å²) in [6.45, 7) is 9.66. The Labute approximate surface area is 121 Å². The first-order valence-electron chi connectivity index (χ1n) is 6.99. The van der Waals surface area contributed by atoms with Gasteiger partial charge >= 0.3 is 5.97 Å². The maximum absolute atomic E-state index is 9.93. The van der Waals surface area contributed by atoms with Crippen molar-refractivity contribution in [1.29, 1.82) is 0 Å². The monoisotopic (exact) mass is 294 g/mol. The van der Waals surface area contributed by atoms with Crippen LogP contribution in [0.25, 0.3) is 0 Å². The Morgan fingerprint density at radius 2 is 1.55 bits per heavy atom. The minimum atomic E-state index is -0.706. The molecule has 0 aliphatic rings. The first kappa shape index (κ1) is 21.6. The Hall–Kier alpha value is -0.690. The van der Waals surface area contributed by atoms with Gasteiger partial charge in [-0.05, 0) is 27.2 Å². The molecule has 0 bridgehead atoms. The largest absolute Gasteiger partial charge is 0.481 e. The van der Waals surface area contributed by atoms with Crippen LogP contribution in [0.3, 0.4) is 0 Å². The van der Waals surface area contributed by atoms with Crippen LogP contribution in [0.5, 0.6) is 0 Å². The van der Waals surface area contributed by atoms with Gasteiger partial charge in [0.1, 0.15) is 0 Å².